The summed E-state index contributed by atoms with van der Waals surface area (Å²) in [5.41, 5.74) is -0.742. The summed E-state index contributed by atoms with van der Waals surface area (Å²) in [5.74, 6) is 0.0200. The minimum Gasteiger partial charge on any atom is -0.323 e. The van der Waals surface area contributed by atoms with E-state index in [1.165, 1.54) is 19.3 Å². The van der Waals surface area contributed by atoms with Crippen molar-refractivity contribution in [3.05, 3.63) is 12.2 Å². The molecule has 2 N–H and O–H groups in total. The third-order valence-electron chi connectivity index (χ3n) is 5.04. The van der Waals surface area contributed by atoms with Crippen molar-refractivity contribution in [1.29, 1.82) is 0 Å². The van der Waals surface area contributed by atoms with Crippen LogP contribution in [0.15, 0.2) is 12.2 Å². The number of amides is 3. The minimum atomic E-state index is -0.742. The van der Waals surface area contributed by atoms with Gasteiger partial charge in [-0.1, -0.05) is 12.2 Å². The third-order valence-corrected chi connectivity index (χ3v) is 5.04. The molecular formula is C15H23N3O2. The lowest BCUT2D eigenvalue weighted by molar-refractivity contribution is -0.126. The highest BCUT2D eigenvalue weighted by atomic mass is 16.2. The van der Waals surface area contributed by atoms with Gasteiger partial charge >= 0.3 is 6.03 Å². The van der Waals surface area contributed by atoms with E-state index in [-0.39, 0.29) is 17.9 Å². The first-order valence-corrected chi connectivity index (χ1v) is 7.64. The number of rotatable bonds is 2. The first-order chi connectivity index (χ1) is 9.59. The van der Waals surface area contributed by atoms with Crippen molar-refractivity contribution in [2.24, 2.45) is 5.92 Å². The van der Waals surface area contributed by atoms with Crippen molar-refractivity contribution in [1.82, 2.24) is 15.5 Å². The quantitative estimate of drug-likeness (QED) is 0.592. The van der Waals surface area contributed by atoms with E-state index in [0.717, 1.165) is 25.9 Å². The van der Waals surface area contributed by atoms with Crippen molar-refractivity contribution >= 4 is 11.9 Å². The molecule has 0 aromatic rings. The lowest BCUT2D eigenvalue weighted by Crippen LogP contribution is -2.57. The zero-order valence-corrected chi connectivity index (χ0v) is 12.0. The Labute approximate surface area is 119 Å². The Morgan fingerprint density at radius 1 is 1.30 bits per heavy atom. The largest absolute Gasteiger partial charge is 0.323 e. The molecule has 5 heteroatoms. The molecule has 0 unspecified atom stereocenters. The van der Waals surface area contributed by atoms with Crippen LogP contribution in [-0.2, 0) is 4.79 Å². The fourth-order valence-corrected chi connectivity index (χ4v) is 3.72. The van der Waals surface area contributed by atoms with Gasteiger partial charge in [-0.05, 0) is 45.6 Å². The molecule has 3 amide bonds. The lowest BCUT2D eigenvalue weighted by Gasteiger charge is -2.42. The van der Waals surface area contributed by atoms with E-state index in [1.807, 2.05) is 6.92 Å². The van der Waals surface area contributed by atoms with Gasteiger partial charge in [-0.2, -0.15) is 0 Å². The lowest BCUT2D eigenvalue weighted by atomic mass is 9.79. The molecule has 0 bridgehead atoms. The van der Waals surface area contributed by atoms with Crippen LogP contribution in [0.1, 0.15) is 39.0 Å². The van der Waals surface area contributed by atoms with Gasteiger partial charge in [-0.25, -0.2) is 4.79 Å². The maximum Gasteiger partial charge on any atom is 0.322 e. The summed E-state index contributed by atoms with van der Waals surface area (Å²) in [5, 5.41) is 5.21. The van der Waals surface area contributed by atoms with Crippen LogP contribution >= 0.6 is 0 Å². The maximum atomic E-state index is 12.1. The van der Waals surface area contributed by atoms with Gasteiger partial charge in [-0.15, -0.1) is 0 Å². The number of nitrogens with zero attached hydrogens (tertiary/aromatic N) is 1. The van der Waals surface area contributed by atoms with Crippen LogP contribution in [0.2, 0.25) is 0 Å². The van der Waals surface area contributed by atoms with Gasteiger partial charge in [0, 0.05) is 18.5 Å². The molecular weight excluding hydrogens is 254 g/mol. The summed E-state index contributed by atoms with van der Waals surface area (Å²) in [6.07, 6.45) is 10.3. The first-order valence-electron chi connectivity index (χ1n) is 7.64. The molecule has 3 rings (SSSR count). The summed E-state index contributed by atoms with van der Waals surface area (Å²) < 4.78 is 0. The number of likely N-dealkylation sites (tertiary alicyclic amines) is 1. The second-order valence-corrected chi connectivity index (χ2v) is 6.37. The summed E-state index contributed by atoms with van der Waals surface area (Å²) in [6.45, 7) is 3.84. The van der Waals surface area contributed by atoms with E-state index in [9.17, 15) is 9.59 Å². The molecule has 3 atom stereocenters. The number of piperidine rings is 1. The normalized spacial score (nSPS) is 38.6. The molecule has 5 nitrogen and oxygen atoms in total. The van der Waals surface area contributed by atoms with Gasteiger partial charge in [0.05, 0.1) is 0 Å². The van der Waals surface area contributed by atoms with Crippen LogP contribution in [0.5, 0.6) is 0 Å². The summed E-state index contributed by atoms with van der Waals surface area (Å²) in [7, 11) is 0. The third kappa shape index (κ3) is 2.35. The Kier molecular flexibility index (Phi) is 3.54. The smallest absolute Gasteiger partial charge is 0.322 e. The van der Waals surface area contributed by atoms with Gasteiger partial charge < -0.3 is 5.32 Å². The fraction of sp³-hybridized carbons (Fsp3) is 0.733. The molecule has 0 radical (unpaired) electrons. The van der Waals surface area contributed by atoms with E-state index in [2.05, 4.69) is 27.7 Å². The number of hydrogen-bond acceptors (Lipinski definition) is 3. The van der Waals surface area contributed by atoms with E-state index in [1.54, 1.807) is 0 Å². The Balaban J connectivity index is 1.71. The van der Waals surface area contributed by atoms with Crippen molar-refractivity contribution < 1.29 is 9.59 Å². The predicted molar refractivity (Wildman–Crippen MR) is 76.2 cm³/mol. The predicted octanol–water partition coefficient (Wildman–Crippen LogP) is 1.41. The number of nitrogens with one attached hydrogen (secondary N) is 2. The van der Waals surface area contributed by atoms with E-state index in [4.69, 9.17) is 0 Å². The molecule has 2 saturated heterocycles. The van der Waals surface area contributed by atoms with Crippen LogP contribution in [0, 0.1) is 5.92 Å². The summed E-state index contributed by atoms with van der Waals surface area (Å²) in [6, 6.07) is 0.155. The Morgan fingerprint density at radius 3 is 2.80 bits per heavy atom. The minimum absolute atomic E-state index is 0.173. The maximum absolute atomic E-state index is 12.1. The molecule has 0 aromatic heterocycles. The zero-order chi connectivity index (χ0) is 14.2. The Hall–Kier alpha value is -1.36. The van der Waals surface area contributed by atoms with Gasteiger partial charge in [-0.3, -0.25) is 15.0 Å². The molecule has 20 heavy (non-hydrogen) atoms. The number of allylic oxidation sites excluding steroid dienone is 1. The van der Waals surface area contributed by atoms with E-state index < -0.39 is 5.54 Å². The van der Waals surface area contributed by atoms with Crippen LogP contribution in [0.4, 0.5) is 4.79 Å². The molecule has 3 aliphatic rings. The number of urea groups is 1. The van der Waals surface area contributed by atoms with Crippen molar-refractivity contribution in [2.45, 2.75) is 50.6 Å². The van der Waals surface area contributed by atoms with Gasteiger partial charge in [0.2, 0.25) is 0 Å². The molecule has 110 valence electrons. The van der Waals surface area contributed by atoms with E-state index in [0.29, 0.717) is 6.04 Å². The van der Waals surface area contributed by atoms with Gasteiger partial charge in [0.1, 0.15) is 5.54 Å². The first kappa shape index (κ1) is 13.6. The highest BCUT2D eigenvalue weighted by Gasteiger charge is 2.49. The van der Waals surface area contributed by atoms with E-state index >= 15 is 0 Å². The van der Waals surface area contributed by atoms with Crippen molar-refractivity contribution in [3.8, 4) is 0 Å². The second-order valence-electron chi connectivity index (χ2n) is 6.37. The van der Waals surface area contributed by atoms with Crippen molar-refractivity contribution in [2.75, 3.05) is 13.1 Å². The standard InChI is InChI=1S/C15H23N3O2/c1-15(13(19)16-14(20)17-15)11-6-5-9-18(10-11)12-7-3-2-4-8-12/h3,7,11-12H,2,4-6,8-10H2,1H3,(H2,16,17,19,20)/t11-,12-,15+/m0/s1. The Morgan fingerprint density at radius 2 is 2.15 bits per heavy atom. The fourth-order valence-electron chi connectivity index (χ4n) is 3.72. The summed E-state index contributed by atoms with van der Waals surface area (Å²) in [4.78, 5) is 26.0. The molecule has 0 aromatic carbocycles. The molecule has 2 heterocycles. The molecule has 1 aliphatic carbocycles. The average molecular weight is 277 g/mol. The second kappa shape index (κ2) is 5.20. The van der Waals surface area contributed by atoms with Gasteiger partial charge in [0.15, 0.2) is 0 Å². The monoisotopic (exact) mass is 277 g/mol. The number of carbonyl (C=O) groups excluding carboxylic acids is 2. The summed E-state index contributed by atoms with van der Waals surface area (Å²) >= 11 is 0. The average Bonchev–Trinajstić information content (AvgIpc) is 2.74. The molecule has 0 saturated carbocycles. The Bertz CT molecular complexity index is 448. The number of imide groups is 1. The topological polar surface area (TPSA) is 61.4 Å². The van der Waals surface area contributed by atoms with Crippen LogP contribution in [0.25, 0.3) is 0 Å². The van der Waals surface area contributed by atoms with Gasteiger partial charge in [0.25, 0.3) is 5.91 Å². The van der Waals surface area contributed by atoms with Crippen molar-refractivity contribution in [3.63, 3.8) is 0 Å². The SMILES string of the molecule is C[C@]1([C@H]2CCCN([C@H]3C=CCCC3)C2)NC(=O)NC1=O. The highest BCUT2D eigenvalue weighted by Crippen LogP contribution is 2.31. The van der Waals surface area contributed by atoms with Crippen LogP contribution in [-0.4, -0.2) is 41.5 Å². The zero-order valence-electron chi connectivity index (χ0n) is 12.0. The number of hydrogen-bond donors (Lipinski definition) is 2. The van der Waals surface area contributed by atoms with Crippen LogP contribution < -0.4 is 10.6 Å². The number of carbonyl (C=O) groups is 2. The van der Waals surface area contributed by atoms with Crippen LogP contribution in [0.3, 0.4) is 0 Å². The molecule has 2 aliphatic heterocycles. The molecule has 0 spiro atoms. The highest BCUT2D eigenvalue weighted by molar-refractivity contribution is 6.06. The molecule has 2 fully saturated rings.